The lowest BCUT2D eigenvalue weighted by Crippen LogP contribution is -2.01. The maximum absolute atomic E-state index is 6.13. The molecule has 106 valence electrons. The second-order valence-corrected chi connectivity index (χ2v) is 5.94. The monoisotopic (exact) mass is 420 g/mol. The molecular weight excluding hydrogens is 411 g/mol. The zero-order valence-electron chi connectivity index (χ0n) is 10.8. The maximum atomic E-state index is 6.13. The zero-order valence-corrected chi connectivity index (χ0v) is 14.7. The van der Waals surface area contributed by atoms with Crippen LogP contribution in [-0.2, 0) is 11.3 Å². The van der Waals surface area contributed by atoms with Crippen LogP contribution in [0.25, 0.3) is 11.4 Å². The minimum absolute atomic E-state index is 0.337. The Morgan fingerprint density at radius 3 is 2.60 bits per heavy atom. The average Bonchev–Trinajstić information content (AvgIpc) is 2.43. The van der Waals surface area contributed by atoms with Crippen molar-refractivity contribution in [2.75, 3.05) is 14.2 Å². The fourth-order valence-corrected chi connectivity index (χ4v) is 2.51. The van der Waals surface area contributed by atoms with Gasteiger partial charge in [0, 0.05) is 11.6 Å². The Morgan fingerprint density at radius 2 is 1.95 bits per heavy atom. The number of nitrogens with zero attached hydrogens (tertiary/aromatic N) is 2. The highest BCUT2D eigenvalue weighted by atomic mass is 79.9. The molecule has 0 atom stereocenters. The number of aromatic nitrogens is 2. The van der Waals surface area contributed by atoms with E-state index in [0.717, 1.165) is 10.0 Å². The maximum Gasteiger partial charge on any atom is 0.165 e. The Morgan fingerprint density at radius 1 is 1.20 bits per heavy atom. The fraction of sp³-hybridized carbons (Fsp3) is 0.231. The molecular formula is C13H11Br2ClN2O2. The van der Waals surface area contributed by atoms with E-state index in [9.17, 15) is 0 Å². The Hall–Kier alpha value is -0.690. The minimum Gasteiger partial charge on any atom is -0.496 e. The van der Waals surface area contributed by atoms with E-state index in [1.54, 1.807) is 14.2 Å². The number of methoxy groups -OCH3 is 2. The van der Waals surface area contributed by atoms with Crippen LogP contribution in [0.1, 0.15) is 5.69 Å². The predicted molar refractivity (Wildman–Crippen MR) is 85.1 cm³/mol. The Labute approximate surface area is 138 Å². The SMILES string of the molecule is COCc1nc(-c2cc(Br)ccc2OC)nc(Cl)c1Br. The Bertz CT molecular complexity index is 638. The van der Waals surface area contributed by atoms with E-state index in [1.165, 1.54) is 0 Å². The molecule has 0 saturated carbocycles. The Balaban J connectivity index is 2.60. The summed E-state index contributed by atoms with van der Waals surface area (Å²) in [7, 11) is 3.20. The first kappa shape index (κ1) is 15.7. The molecule has 0 N–H and O–H groups in total. The highest BCUT2D eigenvalue weighted by Gasteiger charge is 2.15. The minimum atomic E-state index is 0.337. The van der Waals surface area contributed by atoms with E-state index < -0.39 is 0 Å². The van der Waals surface area contributed by atoms with E-state index in [0.29, 0.717) is 33.5 Å². The highest BCUT2D eigenvalue weighted by Crippen LogP contribution is 2.33. The van der Waals surface area contributed by atoms with Crippen LogP contribution in [0.2, 0.25) is 5.15 Å². The molecule has 0 saturated heterocycles. The van der Waals surface area contributed by atoms with Crippen LogP contribution >= 0.6 is 43.5 Å². The summed E-state index contributed by atoms with van der Waals surface area (Å²) >= 11 is 12.9. The lowest BCUT2D eigenvalue weighted by atomic mass is 10.2. The first-order valence-electron chi connectivity index (χ1n) is 5.61. The molecule has 0 aliphatic rings. The normalized spacial score (nSPS) is 10.7. The van der Waals surface area contributed by atoms with Crippen molar-refractivity contribution in [1.29, 1.82) is 0 Å². The first-order chi connectivity index (χ1) is 9.56. The van der Waals surface area contributed by atoms with Gasteiger partial charge >= 0.3 is 0 Å². The van der Waals surface area contributed by atoms with Crippen LogP contribution in [-0.4, -0.2) is 24.2 Å². The summed E-state index contributed by atoms with van der Waals surface area (Å²) < 4.78 is 12.0. The molecule has 20 heavy (non-hydrogen) atoms. The van der Waals surface area contributed by atoms with Crippen LogP contribution < -0.4 is 4.74 Å². The van der Waals surface area contributed by atoms with Gasteiger partial charge < -0.3 is 9.47 Å². The van der Waals surface area contributed by atoms with Gasteiger partial charge in [-0.15, -0.1) is 0 Å². The molecule has 2 aromatic rings. The standard InChI is InChI=1S/C13H11Br2ClN2O2/c1-19-6-9-11(15)12(16)18-13(17-9)8-5-7(14)3-4-10(8)20-2/h3-5H,6H2,1-2H3. The van der Waals surface area contributed by atoms with Crippen molar-refractivity contribution in [2.45, 2.75) is 6.61 Å². The van der Waals surface area contributed by atoms with Crippen molar-refractivity contribution in [3.05, 3.63) is 38.0 Å². The lowest BCUT2D eigenvalue weighted by Gasteiger charge is -2.11. The topological polar surface area (TPSA) is 44.2 Å². The third-order valence-corrected chi connectivity index (χ3v) is 4.39. The second kappa shape index (κ2) is 6.85. The highest BCUT2D eigenvalue weighted by molar-refractivity contribution is 9.10. The molecule has 0 amide bonds. The van der Waals surface area contributed by atoms with Gasteiger partial charge in [0.25, 0.3) is 0 Å². The van der Waals surface area contributed by atoms with Gasteiger partial charge in [0.1, 0.15) is 10.9 Å². The summed E-state index contributed by atoms with van der Waals surface area (Å²) in [5.41, 5.74) is 1.44. The summed E-state index contributed by atoms with van der Waals surface area (Å²) in [6, 6.07) is 5.61. The van der Waals surface area contributed by atoms with Crippen LogP contribution in [0, 0.1) is 0 Å². The van der Waals surface area contributed by atoms with Crippen molar-refractivity contribution in [3.8, 4) is 17.1 Å². The molecule has 0 fully saturated rings. The summed E-state index contributed by atoms with van der Waals surface area (Å²) in [5.74, 6) is 1.17. The zero-order chi connectivity index (χ0) is 14.7. The number of hydrogen-bond donors (Lipinski definition) is 0. The molecule has 1 heterocycles. The van der Waals surface area contributed by atoms with Crippen LogP contribution in [0.3, 0.4) is 0 Å². The van der Waals surface area contributed by atoms with Crippen LogP contribution in [0.4, 0.5) is 0 Å². The summed E-state index contributed by atoms with van der Waals surface area (Å²) in [4.78, 5) is 8.76. The summed E-state index contributed by atoms with van der Waals surface area (Å²) in [6.07, 6.45) is 0. The largest absolute Gasteiger partial charge is 0.496 e. The molecule has 7 heteroatoms. The summed E-state index contributed by atoms with van der Waals surface area (Å²) in [6.45, 7) is 0.339. The van der Waals surface area contributed by atoms with Crippen molar-refractivity contribution in [2.24, 2.45) is 0 Å². The smallest absolute Gasteiger partial charge is 0.165 e. The molecule has 0 radical (unpaired) electrons. The number of halogens is 3. The molecule has 2 rings (SSSR count). The van der Waals surface area contributed by atoms with E-state index >= 15 is 0 Å². The van der Waals surface area contributed by atoms with Gasteiger partial charge in [0.15, 0.2) is 5.82 Å². The second-order valence-electron chi connectivity index (χ2n) is 3.88. The lowest BCUT2D eigenvalue weighted by molar-refractivity contribution is 0.181. The van der Waals surface area contributed by atoms with Gasteiger partial charge in [-0.05, 0) is 34.1 Å². The molecule has 0 bridgehead atoms. The third-order valence-electron chi connectivity index (χ3n) is 2.56. The third kappa shape index (κ3) is 3.31. The number of hydrogen-bond acceptors (Lipinski definition) is 4. The van der Waals surface area contributed by atoms with Gasteiger partial charge in [0.05, 0.1) is 29.4 Å². The van der Waals surface area contributed by atoms with E-state index in [-0.39, 0.29) is 0 Å². The molecule has 1 aromatic heterocycles. The number of rotatable bonds is 4. The van der Waals surface area contributed by atoms with Crippen molar-refractivity contribution >= 4 is 43.5 Å². The van der Waals surface area contributed by atoms with Gasteiger partial charge in [-0.1, -0.05) is 27.5 Å². The molecule has 0 aliphatic heterocycles. The fourth-order valence-electron chi connectivity index (χ4n) is 1.67. The first-order valence-corrected chi connectivity index (χ1v) is 7.58. The molecule has 4 nitrogen and oxygen atoms in total. The van der Waals surface area contributed by atoms with Gasteiger partial charge in [-0.2, -0.15) is 0 Å². The average molecular weight is 423 g/mol. The van der Waals surface area contributed by atoms with Gasteiger partial charge in [-0.3, -0.25) is 0 Å². The molecule has 0 aliphatic carbocycles. The molecule has 0 spiro atoms. The number of benzene rings is 1. The van der Waals surface area contributed by atoms with E-state index in [4.69, 9.17) is 21.1 Å². The van der Waals surface area contributed by atoms with Crippen molar-refractivity contribution in [3.63, 3.8) is 0 Å². The Kier molecular flexibility index (Phi) is 5.37. The van der Waals surface area contributed by atoms with Gasteiger partial charge in [0.2, 0.25) is 0 Å². The molecule has 0 unspecified atom stereocenters. The number of ether oxygens (including phenoxy) is 2. The predicted octanol–water partition coefficient (Wildman–Crippen LogP) is 4.48. The van der Waals surface area contributed by atoms with E-state index in [2.05, 4.69) is 41.8 Å². The van der Waals surface area contributed by atoms with Crippen LogP contribution in [0.5, 0.6) is 5.75 Å². The van der Waals surface area contributed by atoms with E-state index in [1.807, 2.05) is 18.2 Å². The van der Waals surface area contributed by atoms with Crippen LogP contribution in [0.15, 0.2) is 27.1 Å². The molecule has 1 aromatic carbocycles. The van der Waals surface area contributed by atoms with Crippen molar-refractivity contribution in [1.82, 2.24) is 9.97 Å². The van der Waals surface area contributed by atoms with Crippen molar-refractivity contribution < 1.29 is 9.47 Å². The van der Waals surface area contributed by atoms with Gasteiger partial charge in [-0.25, -0.2) is 9.97 Å². The summed E-state index contributed by atoms with van der Waals surface area (Å²) in [5, 5.41) is 0.337. The quantitative estimate of drug-likeness (QED) is 0.682.